The third-order valence-corrected chi connectivity index (χ3v) is 3.26. The number of unbranched alkanes of at least 4 members (excludes halogenated alkanes) is 6. The van der Waals surface area contributed by atoms with Gasteiger partial charge in [0, 0.05) is 6.07 Å². The van der Waals surface area contributed by atoms with Crippen LogP contribution in [0.5, 0.6) is 11.5 Å². The number of hydrogen-bond donors (Lipinski definition) is 0. The average Bonchev–Trinajstić information content (AvgIpc) is 2.49. The molecule has 0 aromatic heterocycles. The molecule has 0 saturated heterocycles. The van der Waals surface area contributed by atoms with E-state index in [0.717, 1.165) is 6.42 Å². The summed E-state index contributed by atoms with van der Waals surface area (Å²) in [7, 11) is 1.59. The minimum absolute atomic E-state index is 0.568. The molecule has 0 aliphatic rings. The zero-order valence-electron chi connectivity index (χ0n) is 12.7. The van der Waals surface area contributed by atoms with Crippen LogP contribution in [0.1, 0.15) is 57.4 Å². The number of nitriles is 1. The highest BCUT2D eigenvalue weighted by molar-refractivity contribution is 5.43. The lowest BCUT2D eigenvalue weighted by atomic mass is 10.1. The number of rotatable bonds is 10. The van der Waals surface area contributed by atoms with Gasteiger partial charge in [-0.05, 0) is 18.6 Å². The van der Waals surface area contributed by atoms with E-state index >= 15 is 0 Å². The summed E-state index contributed by atoms with van der Waals surface area (Å²) in [5.74, 6) is 1.38. The topological polar surface area (TPSA) is 42.2 Å². The highest BCUT2D eigenvalue weighted by atomic mass is 16.5. The zero-order valence-corrected chi connectivity index (χ0v) is 12.7. The van der Waals surface area contributed by atoms with E-state index in [9.17, 15) is 0 Å². The van der Waals surface area contributed by atoms with Crippen LogP contribution in [0.25, 0.3) is 0 Å². The van der Waals surface area contributed by atoms with Crippen molar-refractivity contribution in [3.05, 3.63) is 23.8 Å². The molecule has 0 saturated carbocycles. The SMILES string of the molecule is CCCCCCCCCOc1cc(C#N)cc(OC)c1. The van der Waals surface area contributed by atoms with Crippen molar-refractivity contribution in [3.63, 3.8) is 0 Å². The maximum Gasteiger partial charge on any atom is 0.124 e. The van der Waals surface area contributed by atoms with E-state index in [0.29, 0.717) is 23.7 Å². The van der Waals surface area contributed by atoms with E-state index in [1.54, 1.807) is 19.2 Å². The van der Waals surface area contributed by atoms with Crippen LogP contribution in [-0.4, -0.2) is 13.7 Å². The second-order valence-corrected chi connectivity index (χ2v) is 4.98. The van der Waals surface area contributed by atoms with E-state index in [4.69, 9.17) is 14.7 Å². The van der Waals surface area contributed by atoms with Gasteiger partial charge in [0.05, 0.1) is 25.3 Å². The predicted molar refractivity (Wildman–Crippen MR) is 81.2 cm³/mol. The Kier molecular flexibility index (Phi) is 8.30. The number of methoxy groups -OCH3 is 1. The molecule has 0 radical (unpaired) electrons. The van der Waals surface area contributed by atoms with Gasteiger partial charge >= 0.3 is 0 Å². The molecule has 0 N–H and O–H groups in total. The molecule has 0 fully saturated rings. The van der Waals surface area contributed by atoms with Crippen molar-refractivity contribution < 1.29 is 9.47 Å². The van der Waals surface area contributed by atoms with Crippen molar-refractivity contribution in [2.75, 3.05) is 13.7 Å². The summed E-state index contributed by atoms with van der Waals surface area (Å²) in [6.45, 7) is 2.93. The van der Waals surface area contributed by atoms with Gasteiger partial charge in [0.1, 0.15) is 11.5 Å². The molecule has 0 atom stereocenters. The maximum absolute atomic E-state index is 8.93. The average molecular weight is 275 g/mol. The second-order valence-electron chi connectivity index (χ2n) is 4.98. The standard InChI is InChI=1S/C17H25NO2/c1-3-4-5-6-7-8-9-10-20-17-12-15(14-18)11-16(13-17)19-2/h11-13H,3-10H2,1-2H3. The Balaban J connectivity index is 2.23. The van der Waals surface area contributed by atoms with E-state index in [-0.39, 0.29) is 0 Å². The fourth-order valence-corrected chi connectivity index (χ4v) is 2.09. The molecular weight excluding hydrogens is 250 g/mol. The van der Waals surface area contributed by atoms with E-state index in [1.807, 2.05) is 6.07 Å². The number of ether oxygens (including phenoxy) is 2. The lowest BCUT2D eigenvalue weighted by molar-refractivity contribution is 0.302. The van der Waals surface area contributed by atoms with E-state index < -0.39 is 0 Å². The molecule has 3 nitrogen and oxygen atoms in total. The van der Waals surface area contributed by atoms with Crippen molar-refractivity contribution in [3.8, 4) is 17.6 Å². The molecule has 110 valence electrons. The molecule has 0 spiro atoms. The molecule has 3 heteroatoms. The van der Waals surface area contributed by atoms with Crippen LogP contribution in [0.2, 0.25) is 0 Å². The van der Waals surface area contributed by atoms with Gasteiger partial charge in [-0.3, -0.25) is 0 Å². The summed E-state index contributed by atoms with van der Waals surface area (Å²) >= 11 is 0. The smallest absolute Gasteiger partial charge is 0.124 e. The van der Waals surface area contributed by atoms with Gasteiger partial charge in [-0.2, -0.15) is 5.26 Å². The summed E-state index contributed by atoms with van der Waals surface area (Å²) in [5.41, 5.74) is 0.568. The molecule has 1 rings (SSSR count). The quantitative estimate of drug-likeness (QED) is 0.581. The maximum atomic E-state index is 8.93. The molecule has 0 heterocycles. The highest BCUT2D eigenvalue weighted by Gasteiger charge is 2.02. The minimum atomic E-state index is 0.568. The van der Waals surface area contributed by atoms with Crippen LogP contribution in [0.4, 0.5) is 0 Å². The molecule has 0 aliphatic carbocycles. The van der Waals surface area contributed by atoms with Gasteiger partial charge in [0.25, 0.3) is 0 Å². The summed E-state index contributed by atoms with van der Waals surface area (Å²) in [6.07, 6.45) is 8.86. The number of hydrogen-bond acceptors (Lipinski definition) is 3. The Morgan fingerprint density at radius 3 is 2.25 bits per heavy atom. The molecule has 0 unspecified atom stereocenters. The first-order valence-corrected chi connectivity index (χ1v) is 7.52. The van der Waals surface area contributed by atoms with Crippen molar-refractivity contribution in [2.24, 2.45) is 0 Å². The van der Waals surface area contributed by atoms with Crippen LogP contribution in [0, 0.1) is 11.3 Å². The molecule has 20 heavy (non-hydrogen) atoms. The summed E-state index contributed by atoms with van der Waals surface area (Å²) in [5, 5.41) is 8.93. The molecule has 0 amide bonds. The Bertz CT molecular complexity index is 423. The lowest BCUT2D eigenvalue weighted by Crippen LogP contribution is -1.98. The molecule has 1 aromatic rings. The largest absolute Gasteiger partial charge is 0.497 e. The minimum Gasteiger partial charge on any atom is -0.497 e. The summed E-state index contributed by atoms with van der Waals surface area (Å²) in [4.78, 5) is 0. The van der Waals surface area contributed by atoms with Gasteiger partial charge in [0.2, 0.25) is 0 Å². The van der Waals surface area contributed by atoms with Crippen molar-refractivity contribution in [1.29, 1.82) is 5.26 Å². The first-order chi connectivity index (χ1) is 9.80. The first-order valence-electron chi connectivity index (χ1n) is 7.52. The van der Waals surface area contributed by atoms with Crippen molar-refractivity contribution in [2.45, 2.75) is 51.9 Å². The Hall–Kier alpha value is -1.69. The third-order valence-electron chi connectivity index (χ3n) is 3.26. The van der Waals surface area contributed by atoms with Gasteiger partial charge in [-0.25, -0.2) is 0 Å². The van der Waals surface area contributed by atoms with Crippen LogP contribution in [0.15, 0.2) is 18.2 Å². The lowest BCUT2D eigenvalue weighted by Gasteiger charge is -2.08. The van der Waals surface area contributed by atoms with Crippen LogP contribution in [0.3, 0.4) is 0 Å². The van der Waals surface area contributed by atoms with Gasteiger partial charge in [-0.1, -0.05) is 45.4 Å². The van der Waals surface area contributed by atoms with Crippen LogP contribution < -0.4 is 9.47 Å². The normalized spacial score (nSPS) is 10.1. The van der Waals surface area contributed by atoms with Crippen molar-refractivity contribution in [1.82, 2.24) is 0 Å². The molecule has 0 bridgehead atoms. The first kappa shape index (κ1) is 16.4. The molecular formula is C17H25NO2. The zero-order chi connectivity index (χ0) is 14.6. The Labute approximate surface area is 122 Å². The van der Waals surface area contributed by atoms with Gasteiger partial charge in [0.15, 0.2) is 0 Å². The van der Waals surface area contributed by atoms with Crippen molar-refractivity contribution >= 4 is 0 Å². The van der Waals surface area contributed by atoms with Gasteiger partial charge in [-0.15, -0.1) is 0 Å². The molecule has 0 aliphatic heterocycles. The fourth-order valence-electron chi connectivity index (χ4n) is 2.09. The number of nitrogens with zero attached hydrogens (tertiary/aromatic N) is 1. The fraction of sp³-hybridized carbons (Fsp3) is 0.588. The van der Waals surface area contributed by atoms with Crippen LogP contribution in [-0.2, 0) is 0 Å². The predicted octanol–water partition coefficient (Wildman–Crippen LogP) is 4.70. The van der Waals surface area contributed by atoms with Crippen LogP contribution >= 0.6 is 0 Å². The number of benzene rings is 1. The Morgan fingerprint density at radius 2 is 1.60 bits per heavy atom. The second kappa shape index (κ2) is 10.1. The summed E-state index contributed by atoms with van der Waals surface area (Å²) < 4.78 is 10.8. The summed E-state index contributed by atoms with van der Waals surface area (Å²) in [6, 6.07) is 7.40. The van der Waals surface area contributed by atoms with E-state index in [1.165, 1.54) is 38.5 Å². The monoisotopic (exact) mass is 275 g/mol. The van der Waals surface area contributed by atoms with E-state index in [2.05, 4.69) is 13.0 Å². The molecule has 1 aromatic carbocycles. The van der Waals surface area contributed by atoms with Gasteiger partial charge < -0.3 is 9.47 Å². The third kappa shape index (κ3) is 6.47. The Morgan fingerprint density at radius 1 is 0.950 bits per heavy atom. The highest BCUT2D eigenvalue weighted by Crippen LogP contribution is 2.22.